The Bertz CT molecular complexity index is 524. The predicted octanol–water partition coefficient (Wildman–Crippen LogP) is 2.06. The average Bonchev–Trinajstić information content (AvgIpc) is 3.26. The highest BCUT2D eigenvalue weighted by atomic mass is 32.2. The van der Waals surface area contributed by atoms with E-state index < -0.39 is 10.0 Å². The fraction of sp³-hybridized carbons (Fsp3) is 0.600. The van der Waals surface area contributed by atoms with E-state index in [2.05, 4.69) is 10.0 Å². The van der Waals surface area contributed by atoms with E-state index in [4.69, 9.17) is 5.73 Å². The molecular formula is C15H25N3O2S. The van der Waals surface area contributed by atoms with Gasteiger partial charge in [-0.2, -0.15) is 0 Å². The van der Waals surface area contributed by atoms with E-state index >= 15 is 0 Å². The molecule has 0 unspecified atom stereocenters. The zero-order chi connectivity index (χ0) is 15.1. The van der Waals surface area contributed by atoms with E-state index in [0.29, 0.717) is 4.90 Å². The number of nitrogens with one attached hydrogen (secondary N) is 2. The van der Waals surface area contributed by atoms with Crippen molar-refractivity contribution in [3.8, 4) is 0 Å². The minimum absolute atomic E-state index is 0.140. The first-order valence-electron chi connectivity index (χ1n) is 7.68. The summed E-state index contributed by atoms with van der Waals surface area (Å²) in [5, 5.41) is 3.31. The van der Waals surface area contributed by atoms with Crippen molar-refractivity contribution in [2.75, 3.05) is 18.4 Å². The highest BCUT2D eigenvalue weighted by Crippen LogP contribution is 2.22. The molecule has 0 bridgehead atoms. The van der Waals surface area contributed by atoms with Crippen molar-refractivity contribution in [2.45, 2.75) is 49.5 Å². The lowest BCUT2D eigenvalue weighted by Crippen LogP contribution is -2.25. The van der Waals surface area contributed by atoms with E-state index in [9.17, 15) is 8.42 Å². The molecule has 0 spiro atoms. The van der Waals surface area contributed by atoms with E-state index in [1.165, 1.54) is 12.8 Å². The molecule has 1 aliphatic carbocycles. The zero-order valence-corrected chi connectivity index (χ0v) is 13.2. The second-order valence-corrected chi connectivity index (χ2v) is 7.26. The molecule has 118 valence electrons. The zero-order valence-electron chi connectivity index (χ0n) is 12.3. The molecule has 21 heavy (non-hydrogen) atoms. The number of benzene rings is 1. The van der Waals surface area contributed by atoms with Crippen LogP contribution in [0.5, 0.6) is 0 Å². The molecule has 1 fully saturated rings. The number of rotatable bonds is 10. The fourth-order valence-electron chi connectivity index (χ4n) is 2.10. The van der Waals surface area contributed by atoms with Crippen LogP contribution in [0.4, 0.5) is 5.69 Å². The van der Waals surface area contributed by atoms with Gasteiger partial charge in [-0.3, -0.25) is 0 Å². The molecule has 1 saturated carbocycles. The Kier molecular flexibility index (Phi) is 6.02. The topological polar surface area (TPSA) is 84.2 Å². The van der Waals surface area contributed by atoms with Gasteiger partial charge in [-0.15, -0.1) is 0 Å². The Morgan fingerprint density at radius 1 is 1.05 bits per heavy atom. The fourth-order valence-corrected chi connectivity index (χ4v) is 3.40. The molecule has 4 N–H and O–H groups in total. The number of unbranched alkanes of at least 4 members (excludes halogenated alkanes) is 3. The van der Waals surface area contributed by atoms with Crippen LogP contribution in [0.3, 0.4) is 0 Å². The van der Waals surface area contributed by atoms with Crippen LogP contribution in [0, 0.1) is 0 Å². The van der Waals surface area contributed by atoms with E-state index in [1.807, 2.05) is 12.1 Å². The molecule has 0 heterocycles. The Balaban J connectivity index is 1.76. The molecular weight excluding hydrogens is 286 g/mol. The number of nitrogens with two attached hydrogens (primary N) is 1. The third-order valence-electron chi connectivity index (χ3n) is 3.52. The molecule has 1 aromatic rings. The first-order chi connectivity index (χ1) is 10.1. The quantitative estimate of drug-likeness (QED) is 0.577. The largest absolute Gasteiger partial charge is 0.385 e. The third kappa shape index (κ3) is 5.65. The van der Waals surface area contributed by atoms with Crippen LogP contribution in [0.25, 0.3) is 0 Å². The lowest BCUT2D eigenvalue weighted by atomic mass is 10.2. The molecule has 0 aliphatic heterocycles. The highest BCUT2D eigenvalue weighted by Gasteiger charge is 2.27. The second kappa shape index (κ2) is 7.77. The van der Waals surface area contributed by atoms with Gasteiger partial charge in [0.1, 0.15) is 0 Å². The van der Waals surface area contributed by atoms with Crippen LogP contribution < -0.4 is 15.8 Å². The van der Waals surface area contributed by atoms with Crippen molar-refractivity contribution < 1.29 is 8.42 Å². The van der Waals surface area contributed by atoms with Gasteiger partial charge in [0.25, 0.3) is 0 Å². The van der Waals surface area contributed by atoms with E-state index in [0.717, 1.165) is 44.5 Å². The average molecular weight is 311 g/mol. The van der Waals surface area contributed by atoms with E-state index in [-0.39, 0.29) is 6.04 Å². The Morgan fingerprint density at radius 3 is 2.33 bits per heavy atom. The van der Waals surface area contributed by atoms with Crippen LogP contribution in [-0.2, 0) is 10.0 Å². The summed E-state index contributed by atoms with van der Waals surface area (Å²) in [5.41, 5.74) is 6.41. The van der Waals surface area contributed by atoms with Crippen molar-refractivity contribution in [1.82, 2.24) is 4.72 Å². The van der Waals surface area contributed by atoms with Gasteiger partial charge in [0, 0.05) is 18.3 Å². The van der Waals surface area contributed by atoms with Crippen LogP contribution in [-0.4, -0.2) is 27.5 Å². The molecule has 0 radical (unpaired) electrons. The lowest BCUT2D eigenvalue weighted by molar-refractivity contribution is 0.581. The van der Waals surface area contributed by atoms with Gasteiger partial charge in [-0.1, -0.05) is 12.8 Å². The predicted molar refractivity (Wildman–Crippen MR) is 85.8 cm³/mol. The second-order valence-electron chi connectivity index (χ2n) is 5.55. The first kappa shape index (κ1) is 16.3. The smallest absolute Gasteiger partial charge is 0.240 e. The van der Waals surface area contributed by atoms with Gasteiger partial charge in [-0.25, -0.2) is 13.1 Å². The number of sulfonamides is 1. The number of hydrogen-bond acceptors (Lipinski definition) is 4. The maximum Gasteiger partial charge on any atom is 0.240 e. The molecule has 5 nitrogen and oxygen atoms in total. The van der Waals surface area contributed by atoms with Crippen molar-refractivity contribution in [1.29, 1.82) is 0 Å². The van der Waals surface area contributed by atoms with Gasteiger partial charge in [0.2, 0.25) is 10.0 Å². The normalized spacial score (nSPS) is 15.1. The minimum Gasteiger partial charge on any atom is -0.385 e. The van der Waals surface area contributed by atoms with Gasteiger partial charge >= 0.3 is 0 Å². The molecule has 1 aliphatic rings. The molecule has 6 heteroatoms. The molecule has 1 aromatic carbocycles. The standard InChI is InChI=1S/C15H25N3O2S/c16-11-3-1-2-4-12-17-13-7-9-15(10-8-13)21(19,20)18-14-5-6-14/h7-10,14,17-18H,1-6,11-12,16H2. The summed E-state index contributed by atoms with van der Waals surface area (Å²) in [4.78, 5) is 0.336. The van der Waals surface area contributed by atoms with Gasteiger partial charge in [0.05, 0.1) is 4.90 Å². The van der Waals surface area contributed by atoms with Crippen LogP contribution in [0.15, 0.2) is 29.2 Å². The molecule has 0 aromatic heterocycles. The molecule has 0 saturated heterocycles. The summed E-state index contributed by atoms with van der Waals surface area (Å²) in [6.45, 7) is 1.66. The first-order valence-corrected chi connectivity index (χ1v) is 9.16. The Morgan fingerprint density at radius 2 is 1.71 bits per heavy atom. The van der Waals surface area contributed by atoms with Crippen LogP contribution in [0.2, 0.25) is 0 Å². The van der Waals surface area contributed by atoms with Crippen molar-refractivity contribution in [2.24, 2.45) is 5.73 Å². The summed E-state index contributed by atoms with van der Waals surface area (Å²) in [6.07, 6.45) is 6.42. The van der Waals surface area contributed by atoms with Crippen LogP contribution >= 0.6 is 0 Å². The van der Waals surface area contributed by atoms with Crippen molar-refractivity contribution in [3.05, 3.63) is 24.3 Å². The van der Waals surface area contributed by atoms with Gasteiger partial charge in [0.15, 0.2) is 0 Å². The lowest BCUT2D eigenvalue weighted by Gasteiger charge is -2.08. The summed E-state index contributed by atoms with van der Waals surface area (Å²) < 4.78 is 26.7. The Labute approximate surface area is 127 Å². The van der Waals surface area contributed by atoms with E-state index in [1.54, 1.807) is 12.1 Å². The minimum atomic E-state index is -3.34. The maximum atomic E-state index is 12.0. The molecule has 0 atom stereocenters. The third-order valence-corrected chi connectivity index (χ3v) is 5.06. The molecule has 0 amide bonds. The van der Waals surface area contributed by atoms with Gasteiger partial charge in [-0.05, 0) is 56.5 Å². The summed E-state index contributed by atoms with van der Waals surface area (Å²) in [7, 11) is -3.34. The summed E-state index contributed by atoms with van der Waals surface area (Å²) in [5.74, 6) is 0. The number of hydrogen-bond donors (Lipinski definition) is 3. The van der Waals surface area contributed by atoms with Gasteiger partial charge < -0.3 is 11.1 Å². The summed E-state index contributed by atoms with van der Waals surface area (Å²) >= 11 is 0. The maximum absolute atomic E-state index is 12.0. The Hall–Kier alpha value is -1.11. The van der Waals surface area contributed by atoms with Crippen LogP contribution in [0.1, 0.15) is 38.5 Å². The highest BCUT2D eigenvalue weighted by molar-refractivity contribution is 7.89. The molecule has 2 rings (SSSR count). The van der Waals surface area contributed by atoms with Crippen molar-refractivity contribution in [3.63, 3.8) is 0 Å². The van der Waals surface area contributed by atoms with Crippen molar-refractivity contribution >= 4 is 15.7 Å². The number of anilines is 1. The SMILES string of the molecule is NCCCCCCNc1ccc(S(=O)(=O)NC2CC2)cc1. The summed E-state index contributed by atoms with van der Waals surface area (Å²) in [6, 6.07) is 7.09. The monoisotopic (exact) mass is 311 g/mol.